The summed E-state index contributed by atoms with van der Waals surface area (Å²) in [6.07, 6.45) is 5.12. The SMILES string of the molecule is CC(=O)O[C@@H]1CO[C@@H](c2cccnc2)[C@H]1CCCO[Si](C)(C)C(C)(C)C. The van der Waals surface area contributed by atoms with Gasteiger partial charge < -0.3 is 13.9 Å². The lowest BCUT2D eigenvalue weighted by atomic mass is 9.90. The summed E-state index contributed by atoms with van der Waals surface area (Å²) in [5, 5.41) is 0.210. The third kappa shape index (κ3) is 5.38. The van der Waals surface area contributed by atoms with Gasteiger partial charge in [-0.3, -0.25) is 9.78 Å². The highest BCUT2D eigenvalue weighted by molar-refractivity contribution is 6.74. The highest BCUT2D eigenvalue weighted by atomic mass is 28.4. The number of rotatable bonds is 7. The van der Waals surface area contributed by atoms with Gasteiger partial charge in [-0.15, -0.1) is 0 Å². The van der Waals surface area contributed by atoms with E-state index in [9.17, 15) is 4.79 Å². The molecule has 0 saturated carbocycles. The largest absolute Gasteiger partial charge is 0.460 e. The monoisotopic (exact) mass is 379 g/mol. The highest BCUT2D eigenvalue weighted by Crippen LogP contribution is 2.40. The molecule has 1 aliphatic heterocycles. The van der Waals surface area contributed by atoms with E-state index in [0.717, 1.165) is 25.0 Å². The van der Waals surface area contributed by atoms with Crippen molar-refractivity contribution in [3.8, 4) is 0 Å². The number of hydrogen-bond donors (Lipinski definition) is 0. The summed E-state index contributed by atoms with van der Waals surface area (Å²) in [5.41, 5.74) is 1.04. The fourth-order valence-corrected chi connectivity index (χ4v) is 4.15. The van der Waals surface area contributed by atoms with Crippen molar-refractivity contribution in [2.75, 3.05) is 13.2 Å². The molecule has 0 unspecified atom stereocenters. The van der Waals surface area contributed by atoms with Crippen molar-refractivity contribution in [1.29, 1.82) is 0 Å². The van der Waals surface area contributed by atoms with Gasteiger partial charge in [0.2, 0.25) is 0 Å². The van der Waals surface area contributed by atoms with Crippen molar-refractivity contribution < 1.29 is 18.7 Å². The predicted molar refractivity (Wildman–Crippen MR) is 104 cm³/mol. The Morgan fingerprint density at radius 1 is 1.38 bits per heavy atom. The number of ether oxygens (including phenoxy) is 2. The lowest BCUT2D eigenvalue weighted by molar-refractivity contribution is -0.148. The lowest BCUT2D eigenvalue weighted by Gasteiger charge is -2.36. The normalized spacial score (nSPS) is 23.8. The Bertz CT molecular complexity index is 585. The first kappa shape index (κ1) is 21.1. The maximum atomic E-state index is 11.5. The molecule has 26 heavy (non-hydrogen) atoms. The van der Waals surface area contributed by atoms with E-state index in [4.69, 9.17) is 13.9 Å². The number of pyridine rings is 1. The Kier molecular flexibility index (Phi) is 6.99. The van der Waals surface area contributed by atoms with E-state index in [1.165, 1.54) is 6.92 Å². The first-order valence-electron chi connectivity index (χ1n) is 9.44. The number of aromatic nitrogens is 1. The summed E-state index contributed by atoms with van der Waals surface area (Å²) >= 11 is 0. The zero-order chi connectivity index (χ0) is 19.4. The lowest BCUT2D eigenvalue weighted by Crippen LogP contribution is -2.41. The van der Waals surface area contributed by atoms with E-state index < -0.39 is 8.32 Å². The molecule has 2 rings (SSSR count). The Balaban J connectivity index is 1.98. The average Bonchev–Trinajstić information content (AvgIpc) is 2.93. The number of esters is 1. The molecule has 3 atom stereocenters. The fraction of sp³-hybridized carbons (Fsp3) is 0.700. The standard InChI is InChI=1S/C20H33NO4Si/c1-15(22)25-18-14-23-19(16-9-7-11-21-13-16)17(18)10-8-12-24-26(5,6)20(2,3)4/h7,9,11,13,17-19H,8,10,12,14H2,1-6H3/t17-,18+,19-/m0/s1. The molecular weight excluding hydrogens is 346 g/mol. The van der Waals surface area contributed by atoms with Crippen LogP contribution in [0.15, 0.2) is 24.5 Å². The van der Waals surface area contributed by atoms with Crippen molar-refractivity contribution in [3.63, 3.8) is 0 Å². The molecule has 1 fully saturated rings. The van der Waals surface area contributed by atoms with Gasteiger partial charge in [0.1, 0.15) is 6.10 Å². The average molecular weight is 380 g/mol. The molecule has 0 N–H and O–H groups in total. The van der Waals surface area contributed by atoms with Crippen molar-refractivity contribution in [3.05, 3.63) is 30.1 Å². The van der Waals surface area contributed by atoms with Gasteiger partial charge in [-0.2, -0.15) is 0 Å². The first-order chi connectivity index (χ1) is 12.1. The molecule has 1 saturated heterocycles. The molecular formula is C20H33NO4Si. The molecule has 1 aromatic heterocycles. The Labute approximate surface area is 158 Å². The fourth-order valence-electron chi connectivity index (χ4n) is 3.06. The molecule has 2 heterocycles. The summed E-state index contributed by atoms with van der Waals surface area (Å²) in [4.78, 5) is 15.6. The van der Waals surface area contributed by atoms with Gasteiger partial charge in [0.15, 0.2) is 8.32 Å². The minimum Gasteiger partial charge on any atom is -0.460 e. The molecule has 146 valence electrons. The first-order valence-corrected chi connectivity index (χ1v) is 12.4. The van der Waals surface area contributed by atoms with Crippen LogP contribution in [0.5, 0.6) is 0 Å². The van der Waals surface area contributed by atoms with Gasteiger partial charge in [-0.25, -0.2) is 0 Å². The van der Waals surface area contributed by atoms with Crippen LogP contribution >= 0.6 is 0 Å². The number of carbonyl (C=O) groups excluding carboxylic acids is 1. The van der Waals surface area contributed by atoms with Crippen LogP contribution < -0.4 is 0 Å². The summed E-state index contributed by atoms with van der Waals surface area (Å²) in [7, 11) is -1.73. The molecule has 0 radical (unpaired) electrons. The van der Waals surface area contributed by atoms with Crippen LogP contribution in [-0.2, 0) is 18.7 Å². The van der Waals surface area contributed by atoms with Crippen LogP contribution in [0.4, 0.5) is 0 Å². The van der Waals surface area contributed by atoms with Crippen LogP contribution in [0.1, 0.15) is 52.2 Å². The number of nitrogens with zero attached hydrogens (tertiary/aromatic N) is 1. The molecule has 0 aliphatic carbocycles. The van der Waals surface area contributed by atoms with Crippen molar-refractivity contribution in [1.82, 2.24) is 4.98 Å². The quantitative estimate of drug-likeness (QED) is 0.396. The van der Waals surface area contributed by atoms with Gasteiger partial charge in [-0.1, -0.05) is 26.8 Å². The predicted octanol–water partition coefficient (Wildman–Crippen LogP) is 4.50. The maximum Gasteiger partial charge on any atom is 0.302 e. The summed E-state index contributed by atoms with van der Waals surface area (Å²) < 4.78 is 17.8. The molecule has 6 heteroatoms. The minimum atomic E-state index is -1.73. The van der Waals surface area contributed by atoms with Crippen molar-refractivity contribution >= 4 is 14.3 Å². The zero-order valence-electron chi connectivity index (χ0n) is 17.0. The van der Waals surface area contributed by atoms with Crippen LogP contribution in [-0.4, -0.2) is 38.6 Å². The van der Waals surface area contributed by atoms with Crippen LogP contribution in [0.3, 0.4) is 0 Å². The van der Waals surface area contributed by atoms with E-state index in [0.29, 0.717) is 6.61 Å². The van der Waals surface area contributed by atoms with Gasteiger partial charge in [0.05, 0.1) is 12.7 Å². The van der Waals surface area contributed by atoms with Gasteiger partial charge in [0, 0.05) is 31.8 Å². The topological polar surface area (TPSA) is 57.7 Å². The Hall–Kier alpha value is -1.24. The summed E-state index contributed by atoms with van der Waals surface area (Å²) in [6.45, 7) is 13.9. The molecule has 0 spiro atoms. The van der Waals surface area contributed by atoms with Gasteiger partial charge >= 0.3 is 5.97 Å². The van der Waals surface area contributed by atoms with Crippen LogP contribution in [0, 0.1) is 5.92 Å². The van der Waals surface area contributed by atoms with E-state index in [2.05, 4.69) is 38.8 Å². The van der Waals surface area contributed by atoms with Crippen molar-refractivity contribution in [2.24, 2.45) is 5.92 Å². The Morgan fingerprint density at radius 3 is 2.69 bits per heavy atom. The van der Waals surface area contributed by atoms with E-state index in [-0.39, 0.29) is 29.1 Å². The number of hydrogen-bond acceptors (Lipinski definition) is 5. The van der Waals surface area contributed by atoms with Crippen LogP contribution in [0.25, 0.3) is 0 Å². The third-order valence-electron chi connectivity index (χ3n) is 5.59. The molecule has 0 aromatic carbocycles. The van der Waals surface area contributed by atoms with Gasteiger partial charge in [-0.05, 0) is 42.6 Å². The van der Waals surface area contributed by atoms with Crippen LogP contribution in [0.2, 0.25) is 18.1 Å². The molecule has 0 bridgehead atoms. The Morgan fingerprint density at radius 2 is 2.12 bits per heavy atom. The van der Waals surface area contributed by atoms with E-state index in [1.54, 1.807) is 6.20 Å². The molecule has 1 aromatic rings. The number of carbonyl (C=O) groups is 1. The maximum absolute atomic E-state index is 11.5. The highest BCUT2D eigenvalue weighted by Gasteiger charge is 2.40. The van der Waals surface area contributed by atoms with E-state index >= 15 is 0 Å². The zero-order valence-corrected chi connectivity index (χ0v) is 18.0. The second-order valence-corrected chi connectivity index (χ2v) is 13.4. The van der Waals surface area contributed by atoms with Gasteiger partial charge in [0.25, 0.3) is 0 Å². The smallest absolute Gasteiger partial charge is 0.302 e. The molecule has 5 nitrogen and oxygen atoms in total. The minimum absolute atomic E-state index is 0.0825. The third-order valence-corrected chi connectivity index (χ3v) is 10.1. The molecule has 0 amide bonds. The summed E-state index contributed by atoms with van der Waals surface area (Å²) in [6, 6.07) is 3.93. The second-order valence-electron chi connectivity index (χ2n) is 8.60. The second kappa shape index (κ2) is 8.63. The van der Waals surface area contributed by atoms with Crippen molar-refractivity contribution in [2.45, 2.75) is 70.9 Å². The summed E-state index contributed by atoms with van der Waals surface area (Å²) in [5.74, 6) is -0.126. The van der Waals surface area contributed by atoms with E-state index in [1.807, 2.05) is 18.3 Å². The molecule has 1 aliphatic rings.